The number of nitrogens with zero attached hydrogens (tertiary/aromatic N) is 12. The molecule has 15 aromatic carbocycles. The Labute approximate surface area is 726 Å². The molecule has 0 fully saturated rings. The van der Waals surface area contributed by atoms with Crippen LogP contribution in [0.5, 0.6) is 0 Å². The number of fused-ring (bicyclic) bond motifs is 18. The van der Waals surface area contributed by atoms with Crippen molar-refractivity contribution < 1.29 is 0 Å². The number of hydrogen-bond acceptors (Lipinski definition) is 4. The fourth-order valence-electron chi connectivity index (χ4n) is 19.9. The zero-order chi connectivity index (χ0) is 85.1. The molecule has 0 unspecified atom stereocenters. The number of para-hydroxylation sites is 13. The summed E-state index contributed by atoms with van der Waals surface area (Å²) >= 11 is 0. The van der Waals surface area contributed by atoms with Crippen molar-refractivity contribution in [3.05, 3.63) is 426 Å². The topological polar surface area (TPSA) is 101 Å². The van der Waals surface area contributed by atoms with Crippen LogP contribution in [0.25, 0.3) is 208 Å². The molecule has 0 saturated heterocycles. The molecular formula is C114H78N12. The predicted molar refractivity (Wildman–Crippen MR) is 521 cm³/mol. The summed E-state index contributed by atoms with van der Waals surface area (Å²) in [6, 6.07) is 123. The highest BCUT2D eigenvalue weighted by atomic mass is 15.2. The minimum absolute atomic E-state index is 0.614. The van der Waals surface area contributed by atoms with E-state index in [1.165, 1.54) is 104 Å². The van der Waals surface area contributed by atoms with E-state index >= 15 is 0 Å². The molecule has 12 heteroatoms. The van der Waals surface area contributed by atoms with Gasteiger partial charge in [0.05, 0.1) is 108 Å². The summed E-state index contributed by atoms with van der Waals surface area (Å²) in [6.45, 7) is 28.8. The highest BCUT2D eigenvalue weighted by molar-refractivity contribution is 6.18. The Morgan fingerprint density at radius 2 is 0.524 bits per heavy atom. The van der Waals surface area contributed by atoms with E-state index in [1.54, 1.807) is 0 Å². The molecule has 126 heavy (non-hydrogen) atoms. The molecule has 0 N–H and O–H groups in total. The van der Waals surface area contributed by atoms with Gasteiger partial charge in [0.25, 0.3) is 0 Å². The minimum Gasteiger partial charge on any atom is -0.305 e. The van der Waals surface area contributed by atoms with E-state index in [0.29, 0.717) is 16.9 Å². The Morgan fingerprint density at radius 1 is 0.246 bits per heavy atom. The molecule has 594 valence electrons. The van der Waals surface area contributed by atoms with Crippen molar-refractivity contribution in [2.45, 2.75) is 41.5 Å². The number of pyridine rings is 3. The average Bonchev–Trinajstić information content (AvgIpc) is 1.56. The van der Waals surface area contributed by atoms with Crippen LogP contribution in [0.3, 0.4) is 0 Å². The molecule has 9 aromatic heterocycles. The van der Waals surface area contributed by atoms with E-state index in [0.717, 1.165) is 129 Å². The van der Waals surface area contributed by atoms with Crippen LogP contribution in [0.15, 0.2) is 364 Å². The summed E-state index contributed by atoms with van der Waals surface area (Å²) in [5.41, 5.74) is 31.5. The van der Waals surface area contributed by atoms with Gasteiger partial charge in [-0.25, -0.2) is 24.6 Å². The monoisotopic (exact) mass is 1610 g/mol. The summed E-state index contributed by atoms with van der Waals surface area (Å²) in [5.74, 6) is 2.55. The van der Waals surface area contributed by atoms with Gasteiger partial charge in [-0.3, -0.25) is 13.7 Å². The first kappa shape index (κ1) is 75.2. The van der Waals surface area contributed by atoms with Crippen LogP contribution in [0.2, 0.25) is 0 Å². The number of hydrogen-bond donors (Lipinski definition) is 0. The second-order valence-corrected chi connectivity index (χ2v) is 32.5. The molecule has 0 aliphatic heterocycles. The van der Waals surface area contributed by atoms with Crippen LogP contribution >= 0.6 is 0 Å². The van der Waals surface area contributed by atoms with E-state index in [4.69, 9.17) is 28.1 Å². The van der Waals surface area contributed by atoms with Crippen LogP contribution in [-0.2, 0) is 0 Å². The maximum absolute atomic E-state index is 9.50. The lowest BCUT2D eigenvalue weighted by Crippen LogP contribution is -2.08. The molecule has 0 aliphatic rings. The van der Waals surface area contributed by atoms with Crippen molar-refractivity contribution in [3.8, 4) is 74.0 Å². The lowest BCUT2D eigenvalue weighted by atomic mass is 10.0. The Kier molecular flexibility index (Phi) is 18.1. The summed E-state index contributed by atoms with van der Waals surface area (Å²) in [7, 11) is 0. The van der Waals surface area contributed by atoms with Crippen molar-refractivity contribution in [2.75, 3.05) is 0 Å². The number of nitriles is 1. The normalized spacial score (nSPS) is 11.5. The Morgan fingerprint density at radius 3 is 0.857 bits per heavy atom. The Hall–Kier alpha value is -17.0. The van der Waals surface area contributed by atoms with E-state index < -0.39 is 0 Å². The lowest BCUT2D eigenvalue weighted by molar-refractivity contribution is 1.02. The van der Waals surface area contributed by atoms with Gasteiger partial charge in [-0.15, -0.1) is 0 Å². The van der Waals surface area contributed by atoms with Crippen molar-refractivity contribution in [2.24, 2.45) is 0 Å². The van der Waals surface area contributed by atoms with Gasteiger partial charge in [-0.2, -0.15) is 5.26 Å². The Bertz CT molecular complexity index is 8790. The smallest absolute Gasteiger partial charge is 0.194 e. The highest BCUT2D eigenvalue weighted by Gasteiger charge is 2.30. The van der Waals surface area contributed by atoms with E-state index in [2.05, 4.69) is 364 Å². The van der Waals surface area contributed by atoms with Gasteiger partial charge in [0.15, 0.2) is 28.8 Å². The molecule has 0 spiro atoms. The van der Waals surface area contributed by atoms with E-state index in [9.17, 15) is 5.26 Å². The summed E-state index contributed by atoms with van der Waals surface area (Å²) in [4.78, 5) is 23.2. The summed E-state index contributed by atoms with van der Waals surface area (Å²) < 4.78 is 14.1. The molecule has 12 nitrogen and oxygen atoms in total. The lowest BCUT2D eigenvalue weighted by Gasteiger charge is -2.21. The zero-order valence-corrected chi connectivity index (χ0v) is 70.0. The zero-order valence-electron chi connectivity index (χ0n) is 70.0. The third kappa shape index (κ3) is 11.7. The van der Waals surface area contributed by atoms with Crippen LogP contribution in [0.1, 0.15) is 38.9 Å². The fraction of sp³-hybridized carbons (Fsp3) is 0.0526. The number of aryl methyl sites for hydroxylation is 6. The molecule has 0 bridgehead atoms. The van der Waals surface area contributed by atoms with Gasteiger partial charge in [0, 0.05) is 99.9 Å². The summed E-state index contributed by atoms with van der Waals surface area (Å²) in [6.07, 6.45) is 5.69. The van der Waals surface area contributed by atoms with Gasteiger partial charge >= 0.3 is 0 Å². The van der Waals surface area contributed by atoms with Gasteiger partial charge in [0.1, 0.15) is 0 Å². The first-order valence-corrected chi connectivity index (χ1v) is 42.4. The standard InChI is InChI=1S/3C38H26N4/c1-24-12-10-17-29-27-15-5-8-20-33(27)41(35(24)29)37-31(26-14-4-7-19-32(26)39-3)22-23-40-38(37)42-34-21-9-6-16-28(34)30-18-11-13-25(2)36(30)42;1-24-11-8-17-31-29-15-4-6-19-33(29)41(35(24)31)37-28(26-13-10-14-27(23-26)39-3)21-22-40-38(37)42-34-20-7-5-16-30(34)32-18-9-12-25(2)36(32)42;1-24-9-7-13-31-29-11-3-5-15-33(29)41(35(24)31)37-28(27-19-17-26(23-39)18-20-27)21-22-40-38(37)42-34-16-6-4-12-30(34)32-14-8-10-25(2)36(32)42/h2*4-23H,1-2H3;3-22H,1-2H3. The van der Waals surface area contributed by atoms with Crippen LogP contribution < -0.4 is 0 Å². The third-order valence-corrected chi connectivity index (χ3v) is 25.3. The minimum atomic E-state index is 0.614. The number of benzene rings is 15. The summed E-state index contributed by atoms with van der Waals surface area (Å²) in [5, 5.41) is 23.9. The predicted octanol–water partition coefficient (Wildman–Crippen LogP) is 29.7. The molecule has 0 saturated carbocycles. The van der Waals surface area contributed by atoms with Gasteiger partial charge in [0.2, 0.25) is 0 Å². The van der Waals surface area contributed by atoms with Crippen molar-refractivity contribution in [1.29, 1.82) is 5.26 Å². The van der Waals surface area contributed by atoms with E-state index in [1.807, 2.05) is 85.3 Å². The van der Waals surface area contributed by atoms with Gasteiger partial charge in [-0.05, 0) is 164 Å². The maximum Gasteiger partial charge on any atom is 0.194 e. The van der Waals surface area contributed by atoms with Crippen LogP contribution in [0.4, 0.5) is 11.4 Å². The van der Waals surface area contributed by atoms with E-state index in [-0.39, 0.29) is 0 Å². The molecule has 0 aliphatic carbocycles. The quantitative estimate of drug-likeness (QED) is 0.134. The number of aromatic nitrogens is 9. The first-order chi connectivity index (χ1) is 62.0. The van der Waals surface area contributed by atoms with Gasteiger partial charge < -0.3 is 13.7 Å². The third-order valence-electron chi connectivity index (χ3n) is 25.3. The molecule has 24 aromatic rings. The maximum atomic E-state index is 9.50. The van der Waals surface area contributed by atoms with Crippen molar-refractivity contribution >= 4 is 142 Å². The average molecular weight is 1620 g/mol. The van der Waals surface area contributed by atoms with Gasteiger partial charge in [-0.1, -0.05) is 273 Å². The van der Waals surface area contributed by atoms with Crippen molar-refractivity contribution in [1.82, 2.24) is 42.4 Å². The molecule has 24 rings (SSSR count). The molecule has 0 amide bonds. The largest absolute Gasteiger partial charge is 0.305 e. The van der Waals surface area contributed by atoms with Crippen molar-refractivity contribution in [3.63, 3.8) is 0 Å². The second kappa shape index (κ2) is 30.3. The number of rotatable bonds is 9. The SMILES string of the molecule is Cc1cccc2c3ccccc3n(-c3nccc(-c4ccc(C#N)cc4)c3-n3c4ccccc4c4cccc(C)c43)c12.[C-]#[N+]c1cccc(-c2ccnc(-n3c4ccccc4c4cccc(C)c43)c2-n2c3ccccc3c3cccc(C)c32)c1.[C-]#[N+]c1ccccc1-c1ccnc(-n2c3ccccc3c3cccc(C)c32)c1-n1c2ccccc2c2cccc(C)c21. The molecular weight excluding hydrogens is 1540 g/mol. The molecule has 0 radical (unpaired) electrons. The van der Waals surface area contributed by atoms with Crippen LogP contribution in [0, 0.1) is 66.0 Å². The molecule has 9 heterocycles. The first-order valence-electron chi connectivity index (χ1n) is 42.4. The van der Waals surface area contributed by atoms with Crippen LogP contribution in [-0.4, -0.2) is 42.4 Å². The Balaban J connectivity index is 0.000000112. The highest BCUT2D eigenvalue weighted by Crippen LogP contribution is 2.49. The fourth-order valence-corrected chi connectivity index (χ4v) is 19.9. The molecule has 0 atom stereocenters. The second-order valence-electron chi connectivity index (χ2n) is 32.5.